The third-order valence-electron chi connectivity index (χ3n) is 0. The van der Waals surface area contributed by atoms with Gasteiger partial charge in [0.05, 0.1) is 0 Å². The molecule has 2 N–H and O–H groups in total. The van der Waals surface area contributed by atoms with E-state index in [4.69, 9.17) is 15.0 Å². The van der Waals surface area contributed by atoms with Crippen LogP contribution in [0.3, 0.4) is 0 Å². The molecule has 43 valence electrons. The van der Waals surface area contributed by atoms with Gasteiger partial charge in [0, 0.05) is 18.9 Å². The molecule has 0 unspecified atom stereocenters. The van der Waals surface area contributed by atoms with Crippen molar-refractivity contribution in [3.63, 3.8) is 0 Å². The Balaban J connectivity index is -0.0000000575. The molecule has 0 rings (SSSR count). The van der Waals surface area contributed by atoms with Gasteiger partial charge in [-0.05, 0) is 6.92 Å². The molecule has 3 nitrogen and oxygen atoms in total. The number of allylic oxidation sites excluding steroid dienone is 1. The Bertz CT molecular complexity index is 58.3. The van der Waals surface area contributed by atoms with Gasteiger partial charge in [0.15, 0.2) is 0 Å². The maximum Gasteiger partial charge on any atom is 0.503 e. The van der Waals surface area contributed by atoms with E-state index in [1.807, 2.05) is 6.92 Å². The van der Waals surface area contributed by atoms with E-state index in [1.54, 1.807) is 6.08 Å². The number of carbonyl (C=O) groups is 1. The molecule has 0 saturated carbocycles. The van der Waals surface area contributed by atoms with Crippen LogP contribution in [0.5, 0.6) is 0 Å². The first-order chi connectivity index (χ1) is 3.15. The van der Waals surface area contributed by atoms with Gasteiger partial charge in [-0.1, -0.05) is 6.08 Å². The van der Waals surface area contributed by atoms with E-state index in [2.05, 4.69) is 6.58 Å². The SMILES string of the molecule is C=CC.O=C(O)O.[Li]. The Morgan fingerprint density at radius 3 is 1.62 bits per heavy atom. The van der Waals surface area contributed by atoms with Crippen LogP contribution >= 0.6 is 0 Å². The maximum absolute atomic E-state index is 8.56. The second kappa shape index (κ2) is 16.0. The molecular formula is C4H8LiO3. The van der Waals surface area contributed by atoms with Crippen LogP contribution in [0.15, 0.2) is 12.7 Å². The van der Waals surface area contributed by atoms with Crippen molar-refractivity contribution in [2.24, 2.45) is 0 Å². The minimum absolute atomic E-state index is 0. The smallest absolute Gasteiger partial charge is 0.450 e. The van der Waals surface area contributed by atoms with Crippen molar-refractivity contribution in [3.05, 3.63) is 12.7 Å². The van der Waals surface area contributed by atoms with E-state index in [0.29, 0.717) is 0 Å². The summed E-state index contributed by atoms with van der Waals surface area (Å²) in [6.45, 7) is 5.25. The molecule has 0 amide bonds. The van der Waals surface area contributed by atoms with Gasteiger partial charge in [0.25, 0.3) is 0 Å². The summed E-state index contributed by atoms with van der Waals surface area (Å²) < 4.78 is 0. The fourth-order valence-corrected chi connectivity index (χ4v) is 0. The second-order valence-electron chi connectivity index (χ2n) is 0.691. The molecule has 8 heavy (non-hydrogen) atoms. The van der Waals surface area contributed by atoms with Crippen molar-refractivity contribution in [2.75, 3.05) is 0 Å². The van der Waals surface area contributed by atoms with Crippen molar-refractivity contribution in [2.45, 2.75) is 6.92 Å². The van der Waals surface area contributed by atoms with Gasteiger partial charge in [-0.25, -0.2) is 4.79 Å². The average Bonchev–Trinajstić information content (AvgIpc) is 1.33. The Labute approximate surface area is 60.2 Å². The van der Waals surface area contributed by atoms with Crippen LogP contribution in [0.2, 0.25) is 0 Å². The zero-order chi connectivity index (χ0) is 6.28. The molecule has 0 aliphatic heterocycles. The van der Waals surface area contributed by atoms with Gasteiger partial charge in [0.1, 0.15) is 0 Å². The fourth-order valence-electron chi connectivity index (χ4n) is 0. The van der Waals surface area contributed by atoms with Crippen LogP contribution in [-0.2, 0) is 0 Å². The first-order valence-electron chi connectivity index (χ1n) is 1.64. The largest absolute Gasteiger partial charge is 0.503 e. The normalized spacial score (nSPS) is 4.62. The Morgan fingerprint density at radius 1 is 1.62 bits per heavy atom. The average molecular weight is 111 g/mol. The van der Waals surface area contributed by atoms with Gasteiger partial charge in [-0.2, -0.15) is 0 Å². The zero-order valence-corrected chi connectivity index (χ0v) is 5.09. The molecule has 0 saturated heterocycles. The molecular weight excluding hydrogens is 103 g/mol. The van der Waals surface area contributed by atoms with E-state index in [0.717, 1.165) is 0 Å². The van der Waals surface area contributed by atoms with E-state index in [-0.39, 0.29) is 18.9 Å². The van der Waals surface area contributed by atoms with Crippen LogP contribution < -0.4 is 0 Å². The molecule has 0 aromatic rings. The topological polar surface area (TPSA) is 57.5 Å². The first kappa shape index (κ1) is 15.6. The van der Waals surface area contributed by atoms with Gasteiger partial charge in [0.2, 0.25) is 0 Å². The minimum Gasteiger partial charge on any atom is -0.450 e. The second-order valence-corrected chi connectivity index (χ2v) is 0.691. The maximum atomic E-state index is 8.56. The molecule has 4 heteroatoms. The van der Waals surface area contributed by atoms with Crippen molar-refractivity contribution in [3.8, 4) is 0 Å². The fraction of sp³-hybridized carbons (Fsp3) is 0.250. The van der Waals surface area contributed by atoms with Crippen molar-refractivity contribution in [1.82, 2.24) is 0 Å². The van der Waals surface area contributed by atoms with Gasteiger partial charge in [-0.3, -0.25) is 0 Å². The summed E-state index contributed by atoms with van der Waals surface area (Å²) in [7, 11) is 0. The summed E-state index contributed by atoms with van der Waals surface area (Å²) in [6, 6.07) is 0. The third kappa shape index (κ3) is 772. The summed E-state index contributed by atoms with van der Waals surface area (Å²) in [5.41, 5.74) is 0. The van der Waals surface area contributed by atoms with Crippen LogP contribution in [-0.4, -0.2) is 35.2 Å². The van der Waals surface area contributed by atoms with Crippen molar-refractivity contribution < 1.29 is 15.0 Å². The molecule has 0 bridgehead atoms. The summed E-state index contributed by atoms with van der Waals surface area (Å²) in [5.74, 6) is 0. The molecule has 0 aromatic heterocycles. The van der Waals surface area contributed by atoms with Gasteiger partial charge in [-0.15, -0.1) is 6.58 Å². The predicted octanol–water partition coefficient (Wildman–Crippen LogP) is 1.03. The summed E-state index contributed by atoms with van der Waals surface area (Å²) >= 11 is 0. The minimum atomic E-state index is -1.83. The van der Waals surface area contributed by atoms with E-state index >= 15 is 0 Å². The monoisotopic (exact) mass is 111 g/mol. The molecule has 1 radical (unpaired) electrons. The molecule has 0 spiro atoms. The number of hydrogen-bond acceptors (Lipinski definition) is 1. The molecule has 0 atom stereocenters. The van der Waals surface area contributed by atoms with Crippen LogP contribution in [0.4, 0.5) is 4.79 Å². The molecule has 0 aliphatic carbocycles. The third-order valence-corrected chi connectivity index (χ3v) is 0. The Hall–Kier alpha value is -0.393. The van der Waals surface area contributed by atoms with Crippen molar-refractivity contribution in [1.29, 1.82) is 0 Å². The van der Waals surface area contributed by atoms with Gasteiger partial charge >= 0.3 is 6.16 Å². The predicted molar refractivity (Wildman–Crippen MR) is 32.3 cm³/mol. The summed E-state index contributed by atoms with van der Waals surface area (Å²) in [5, 5.41) is 13.9. The van der Waals surface area contributed by atoms with Gasteiger partial charge < -0.3 is 10.2 Å². The Kier molecular flexibility index (Phi) is 31.2. The Morgan fingerprint density at radius 2 is 1.62 bits per heavy atom. The van der Waals surface area contributed by atoms with Crippen LogP contribution in [0.1, 0.15) is 6.92 Å². The zero-order valence-electron chi connectivity index (χ0n) is 5.09. The van der Waals surface area contributed by atoms with E-state index in [9.17, 15) is 0 Å². The quantitative estimate of drug-likeness (QED) is 0.362. The van der Waals surface area contributed by atoms with Crippen molar-refractivity contribution >= 4 is 25.0 Å². The van der Waals surface area contributed by atoms with Crippen LogP contribution in [0.25, 0.3) is 0 Å². The molecule has 0 heterocycles. The number of carboxylic acid groups (broad SMARTS) is 2. The number of rotatable bonds is 0. The van der Waals surface area contributed by atoms with Crippen LogP contribution in [0, 0.1) is 0 Å². The standard InChI is InChI=1S/C3H6.CH2O3.Li/c1-3-2;2-1(3)4;/h3H,1H2,2H3;(H2,2,3,4);. The van der Waals surface area contributed by atoms with E-state index in [1.165, 1.54) is 0 Å². The van der Waals surface area contributed by atoms with E-state index < -0.39 is 6.16 Å². The first-order valence-corrected chi connectivity index (χ1v) is 1.64. The molecule has 0 fully saturated rings. The summed E-state index contributed by atoms with van der Waals surface area (Å²) in [6.07, 6.45) is -0.0833. The molecule has 0 aliphatic rings. The molecule has 0 aromatic carbocycles. The summed E-state index contributed by atoms with van der Waals surface area (Å²) in [4.78, 5) is 8.56. The number of hydrogen-bond donors (Lipinski definition) is 2.